The van der Waals surface area contributed by atoms with E-state index in [1.54, 1.807) is 13.0 Å². The van der Waals surface area contributed by atoms with Crippen LogP contribution in [0.15, 0.2) is 60.7 Å². The van der Waals surface area contributed by atoms with Crippen LogP contribution in [0.4, 0.5) is 35.1 Å². The molecule has 1 saturated carbocycles. The van der Waals surface area contributed by atoms with Crippen molar-refractivity contribution in [2.24, 2.45) is 0 Å². The average Bonchev–Trinajstić information content (AvgIpc) is 3.02. The SMILES string of the molecule is CCCCOC1CCC(c2ccc(-c3cc(F)c(C(F)(F)Oc4ccc(-c5cc(F)c(CCC)c(F)c5)c(F)c4)c(F)c3)c(F)c2)CC1. The second-order valence-electron chi connectivity index (χ2n) is 12.2. The highest BCUT2D eigenvalue weighted by molar-refractivity contribution is 5.67. The van der Waals surface area contributed by atoms with Crippen LogP contribution < -0.4 is 4.74 Å². The molecule has 0 heterocycles. The lowest BCUT2D eigenvalue weighted by Crippen LogP contribution is -2.25. The van der Waals surface area contributed by atoms with Gasteiger partial charge >= 0.3 is 6.11 Å². The van der Waals surface area contributed by atoms with Crippen molar-refractivity contribution in [1.29, 1.82) is 0 Å². The fourth-order valence-corrected chi connectivity index (χ4v) is 6.22. The number of rotatable bonds is 12. The molecule has 0 aliphatic heterocycles. The Kier molecular flexibility index (Phi) is 11.1. The molecule has 0 atom stereocenters. The first kappa shape index (κ1) is 35.4. The maximum Gasteiger partial charge on any atom is 0.432 e. The molecule has 0 amide bonds. The van der Waals surface area contributed by atoms with Crippen molar-refractivity contribution in [1.82, 2.24) is 0 Å². The lowest BCUT2D eigenvalue weighted by Gasteiger charge is -2.29. The van der Waals surface area contributed by atoms with Crippen molar-refractivity contribution in [3.63, 3.8) is 0 Å². The molecule has 0 unspecified atom stereocenters. The van der Waals surface area contributed by atoms with E-state index in [-0.39, 0.29) is 46.3 Å². The third-order valence-corrected chi connectivity index (χ3v) is 8.77. The molecular formula is C38H36F8O2. The zero-order valence-corrected chi connectivity index (χ0v) is 26.6. The molecule has 2 nitrogen and oxygen atoms in total. The molecule has 0 aromatic heterocycles. The fraction of sp³-hybridized carbons (Fsp3) is 0.368. The maximum atomic E-state index is 15.2. The highest BCUT2D eigenvalue weighted by Crippen LogP contribution is 2.40. The first-order valence-electron chi connectivity index (χ1n) is 16.2. The molecular weight excluding hydrogens is 640 g/mol. The molecule has 4 aromatic rings. The smallest absolute Gasteiger partial charge is 0.429 e. The molecule has 256 valence electrons. The summed E-state index contributed by atoms with van der Waals surface area (Å²) in [4.78, 5) is 0. The number of hydrogen-bond acceptors (Lipinski definition) is 2. The molecule has 48 heavy (non-hydrogen) atoms. The minimum atomic E-state index is -4.61. The zero-order valence-electron chi connectivity index (χ0n) is 26.6. The number of unbranched alkanes of at least 4 members (excludes halogenated alkanes) is 1. The Labute approximate surface area is 274 Å². The van der Waals surface area contributed by atoms with Gasteiger partial charge in [-0.2, -0.15) is 8.78 Å². The number of hydrogen-bond donors (Lipinski definition) is 0. The second-order valence-corrected chi connectivity index (χ2v) is 12.2. The van der Waals surface area contributed by atoms with Gasteiger partial charge in [0.1, 0.15) is 46.2 Å². The minimum Gasteiger partial charge on any atom is -0.429 e. The van der Waals surface area contributed by atoms with E-state index in [4.69, 9.17) is 4.74 Å². The Morgan fingerprint density at radius 1 is 0.646 bits per heavy atom. The van der Waals surface area contributed by atoms with Gasteiger partial charge in [-0.25, -0.2) is 26.3 Å². The van der Waals surface area contributed by atoms with Gasteiger partial charge in [0.05, 0.1) is 6.10 Å². The topological polar surface area (TPSA) is 18.5 Å². The first-order valence-corrected chi connectivity index (χ1v) is 16.2. The molecule has 1 aliphatic carbocycles. The van der Waals surface area contributed by atoms with Crippen LogP contribution in [-0.4, -0.2) is 12.7 Å². The summed E-state index contributed by atoms with van der Waals surface area (Å²) in [5, 5.41) is 0. The minimum absolute atomic E-state index is 0.0962. The largest absolute Gasteiger partial charge is 0.432 e. The quantitative estimate of drug-likeness (QED) is 0.110. The van der Waals surface area contributed by atoms with Crippen LogP contribution >= 0.6 is 0 Å². The zero-order chi connectivity index (χ0) is 34.6. The van der Waals surface area contributed by atoms with Gasteiger partial charge in [0.25, 0.3) is 0 Å². The van der Waals surface area contributed by atoms with E-state index < -0.39 is 52.3 Å². The molecule has 0 spiro atoms. The predicted molar refractivity (Wildman–Crippen MR) is 168 cm³/mol. The number of ether oxygens (including phenoxy) is 2. The summed E-state index contributed by atoms with van der Waals surface area (Å²) in [5.74, 6) is -7.77. The summed E-state index contributed by atoms with van der Waals surface area (Å²) in [6.07, 6.45) is 1.52. The van der Waals surface area contributed by atoms with Crippen molar-refractivity contribution in [2.75, 3.05) is 6.61 Å². The Hall–Kier alpha value is -3.92. The second kappa shape index (κ2) is 15.1. The highest BCUT2D eigenvalue weighted by atomic mass is 19.3. The van der Waals surface area contributed by atoms with Gasteiger partial charge in [-0.3, -0.25) is 0 Å². The average molecular weight is 677 g/mol. The Morgan fingerprint density at radius 2 is 1.21 bits per heavy atom. The van der Waals surface area contributed by atoms with E-state index in [1.807, 2.05) is 0 Å². The standard InChI is InChI=1S/C38H36F8O2/c1-3-5-15-47-26-10-7-22(8-11-26)23-9-13-28(31(39)16-23)25-19-35(43)37(36(44)20-25)38(45,46)48-27-12-14-29(34(42)21-27)24-17-32(40)30(6-4-2)33(41)18-24/h9,12-14,16-22,26H,3-8,10-11,15H2,1-2H3. The van der Waals surface area contributed by atoms with Crippen molar-refractivity contribution < 1.29 is 44.6 Å². The first-order chi connectivity index (χ1) is 22.9. The van der Waals surface area contributed by atoms with Crippen molar-refractivity contribution in [3.8, 4) is 28.0 Å². The third-order valence-electron chi connectivity index (χ3n) is 8.77. The van der Waals surface area contributed by atoms with E-state index in [2.05, 4.69) is 11.7 Å². The Bertz CT molecular complexity index is 1700. The number of alkyl halides is 2. The van der Waals surface area contributed by atoms with Gasteiger partial charge in [0.2, 0.25) is 0 Å². The van der Waals surface area contributed by atoms with Crippen LogP contribution in [0.3, 0.4) is 0 Å². The van der Waals surface area contributed by atoms with Gasteiger partial charge in [-0.15, -0.1) is 0 Å². The molecule has 0 saturated heterocycles. The summed E-state index contributed by atoms with van der Waals surface area (Å²) < 4.78 is 130. The number of halogens is 8. The highest BCUT2D eigenvalue weighted by Gasteiger charge is 2.41. The van der Waals surface area contributed by atoms with E-state index in [9.17, 15) is 13.2 Å². The maximum absolute atomic E-state index is 15.2. The van der Waals surface area contributed by atoms with E-state index in [0.29, 0.717) is 31.2 Å². The van der Waals surface area contributed by atoms with Gasteiger partial charge in [0.15, 0.2) is 0 Å². The Balaban J connectivity index is 1.31. The van der Waals surface area contributed by atoms with Crippen LogP contribution in [0, 0.1) is 34.9 Å². The normalized spacial score (nSPS) is 16.7. The van der Waals surface area contributed by atoms with E-state index in [1.165, 1.54) is 12.1 Å². The van der Waals surface area contributed by atoms with Crippen molar-refractivity contribution in [3.05, 3.63) is 112 Å². The summed E-state index contributed by atoms with van der Waals surface area (Å²) >= 11 is 0. The Morgan fingerprint density at radius 3 is 1.75 bits per heavy atom. The summed E-state index contributed by atoms with van der Waals surface area (Å²) in [6, 6.07) is 9.74. The number of benzene rings is 4. The predicted octanol–water partition coefficient (Wildman–Crippen LogP) is 11.8. The third kappa shape index (κ3) is 7.86. The molecule has 1 aliphatic rings. The van der Waals surface area contributed by atoms with Crippen molar-refractivity contribution in [2.45, 2.75) is 83.3 Å². The van der Waals surface area contributed by atoms with E-state index in [0.717, 1.165) is 68.4 Å². The van der Waals surface area contributed by atoms with Crippen LogP contribution in [-0.2, 0) is 17.3 Å². The molecule has 10 heteroatoms. The van der Waals surface area contributed by atoms with Crippen LogP contribution in [0.25, 0.3) is 22.3 Å². The molecule has 0 N–H and O–H groups in total. The summed E-state index contributed by atoms with van der Waals surface area (Å²) in [7, 11) is 0. The molecule has 0 bridgehead atoms. The molecule has 4 aromatic carbocycles. The van der Waals surface area contributed by atoms with Gasteiger partial charge in [0, 0.05) is 29.4 Å². The van der Waals surface area contributed by atoms with Crippen LogP contribution in [0.5, 0.6) is 5.75 Å². The van der Waals surface area contributed by atoms with Gasteiger partial charge in [-0.05, 0) is 104 Å². The van der Waals surface area contributed by atoms with Crippen molar-refractivity contribution >= 4 is 0 Å². The summed E-state index contributed by atoms with van der Waals surface area (Å²) in [6.45, 7) is 4.55. The lowest BCUT2D eigenvalue weighted by atomic mass is 9.82. The van der Waals surface area contributed by atoms with Crippen LogP contribution in [0.1, 0.15) is 81.4 Å². The van der Waals surface area contributed by atoms with E-state index >= 15 is 22.0 Å². The molecule has 5 rings (SSSR count). The van der Waals surface area contributed by atoms with Crippen LogP contribution in [0.2, 0.25) is 0 Å². The monoisotopic (exact) mass is 676 g/mol. The summed E-state index contributed by atoms with van der Waals surface area (Å²) in [5.41, 5.74) is -2.10. The molecule has 1 fully saturated rings. The van der Waals surface area contributed by atoms with Gasteiger partial charge in [-0.1, -0.05) is 38.8 Å². The fourth-order valence-electron chi connectivity index (χ4n) is 6.22. The lowest BCUT2D eigenvalue weighted by molar-refractivity contribution is -0.189. The van der Waals surface area contributed by atoms with Gasteiger partial charge < -0.3 is 9.47 Å². The molecule has 0 radical (unpaired) electrons.